The van der Waals surface area contributed by atoms with Crippen LogP contribution >= 0.6 is 0 Å². The van der Waals surface area contributed by atoms with E-state index in [4.69, 9.17) is 4.99 Å². The van der Waals surface area contributed by atoms with Gasteiger partial charge in [0.2, 0.25) is 5.84 Å². The number of aliphatic imine (C=N–C) groups is 1. The van der Waals surface area contributed by atoms with Crippen LogP contribution in [0, 0.1) is 41.5 Å². The molecule has 1 atom stereocenters. The SMILES string of the molecule is Cc1cc(C)c(-c2ccc3c(c2)c2cc(-c4c(C)cc(C)cc4C)cc4c2n3[B-]2(n3ccnc3)N3C=CC=CC3=Nc3cccc-4[n+]32)c(C)c1. The Morgan fingerprint density at radius 3 is 2.10 bits per heavy atom. The predicted molar refractivity (Wildman–Crippen MR) is 206 cm³/mol. The van der Waals surface area contributed by atoms with Crippen molar-refractivity contribution >= 4 is 40.1 Å². The van der Waals surface area contributed by atoms with Crippen LogP contribution in [0.4, 0.5) is 5.82 Å². The van der Waals surface area contributed by atoms with Crippen LogP contribution in [0.5, 0.6) is 0 Å². The standard InChI is InChI=1S/C43H37BN6/c1-26-18-28(3)41(29(4)19-26)32-13-14-38-34(22-32)35-23-33(42-30(5)20-27(2)21-31(42)6)24-36-37-10-9-12-40-46-39-11-7-8-16-48(39)44(49(37)40,50(38)43(35)36)47-17-15-45-25-47/h7-25H,1-6H3. The van der Waals surface area contributed by atoms with E-state index in [2.05, 4.69) is 168 Å². The zero-order chi connectivity index (χ0) is 34.1. The normalized spacial score (nSPS) is 17.0. The number of nitrogens with zero attached hydrogens (tertiary/aromatic N) is 6. The Balaban J connectivity index is 1.42. The van der Waals surface area contributed by atoms with Gasteiger partial charge < -0.3 is 18.2 Å². The monoisotopic (exact) mass is 648 g/mol. The quantitative estimate of drug-likeness (QED) is 0.179. The van der Waals surface area contributed by atoms with Crippen molar-refractivity contribution in [2.75, 3.05) is 0 Å². The molecule has 0 bridgehead atoms. The van der Waals surface area contributed by atoms with Gasteiger partial charge in [-0.1, -0.05) is 53.6 Å². The van der Waals surface area contributed by atoms with E-state index < -0.39 is 6.69 Å². The third-order valence-electron chi connectivity index (χ3n) is 11.2. The summed E-state index contributed by atoms with van der Waals surface area (Å²) in [5.41, 5.74) is 17.6. The predicted octanol–water partition coefficient (Wildman–Crippen LogP) is 9.25. The third-order valence-corrected chi connectivity index (χ3v) is 11.2. The molecule has 0 fully saturated rings. The molecule has 7 aromatic rings. The molecule has 0 N–H and O–H groups in total. The molecule has 3 aromatic heterocycles. The van der Waals surface area contributed by atoms with Gasteiger partial charge in [-0.05, 0) is 140 Å². The van der Waals surface area contributed by atoms with Gasteiger partial charge in [0.05, 0.1) is 12.0 Å². The summed E-state index contributed by atoms with van der Waals surface area (Å²) in [6.07, 6.45) is 14.4. The summed E-state index contributed by atoms with van der Waals surface area (Å²) in [6, 6.07) is 27.7. The van der Waals surface area contributed by atoms with Crippen molar-refractivity contribution in [1.29, 1.82) is 0 Å². The molecule has 4 aromatic carbocycles. The molecule has 7 heteroatoms. The minimum atomic E-state index is -1.93. The summed E-state index contributed by atoms with van der Waals surface area (Å²) in [5.74, 6) is 1.82. The molecule has 0 radical (unpaired) electrons. The molecule has 0 saturated heterocycles. The molecule has 6 heterocycles. The number of aryl methyl sites for hydroxylation is 6. The number of rotatable bonds is 3. The van der Waals surface area contributed by atoms with Gasteiger partial charge in [0, 0.05) is 45.7 Å². The van der Waals surface area contributed by atoms with E-state index in [1.54, 1.807) is 0 Å². The number of imidazole rings is 1. The van der Waals surface area contributed by atoms with Gasteiger partial charge in [-0.3, -0.25) is 0 Å². The molecule has 0 amide bonds. The van der Waals surface area contributed by atoms with Gasteiger partial charge in [-0.25, -0.2) is 4.98 Å². The van der Waals surface area contributed by atoms with E-state index >= 15 is 0 Å². The zero-order valence-electron chi connectivity index (χ0n) is 29.2. The van der Waals surface area contributed by atoms with Crippen molar-refractivity contribution in [3.8, 4) is 33.5 Å². The number of pyridine rings is 1. The van der Waals surface area contributed by atoms with Crippen molar-refractivity contribution in [2.45, 2.75) is 41.5 Å². The van der Waals surface area contributed by atoms with E-state index in [-0.39, 0.29) is 0 Å². The van der Waals surface area contributed by atoms with Crippen LogP contribution in [0.15, 0.2) is 121 Å². The molecule has 0 saturated carbocycles. The summed E-state index contributed by atoms with van der Waals surface area (Å²) in [5, 5.41) is 2.48. The number of fused-ring (bicyclic) bond motifs is 7. The third kappa shape index (κ3) is 3.67. The van der Waals surface area contributed by atoms with Gasteiger partial charge in [-0.2, -0.15) is 0 Å². The van der Waals surface area contributed by atoms with E-state index in [0.717, 1.165) is 17.3 Å². The zero-order valence-corrected chi connectivity index (χ0v) is 29.2. The lowest BCUT2D eigenvalue weighted by Crippen LogP contribution is -2.84. The fourth-order valence-corrected chi connectivity index (χ4v) is 9.69. The number of hydrogen-bond acceptors (Lipinski definition) is 3. The van der Waals surface area contributed by atoms with Gasteiger partial charge in [0.15, 0.2) is 0 Å². The van der Waals surface area contributed by atoms with Crippen molar-refractivity contribution in [1.82, 2.24) is 18.8 Å². The van der Waals surface area contributed by atoms with E-state index in [1.165, 1.54) is 83.0 Å². The van der Waals surface area contributed by atoms with Crippen LogP contribution in [0.25, 0.3) is 55.3 Å². The molecule has 0 spiro atoms. The fraction of sp³-hybridized carbons (Fsp3) is 0.140. The first kappa shape index (κ1) is 29.0. The molecular formula is C43H37BN6. The Kier molecular flexibility index (Phi) is 5.83. The highest BCUT2D eigenvalue weighted by Crippen LogP contribution is 2.47. The van der Waals surface area contributed by atoms with E-state index in [1.807, 2.05) is 12.5 Å². The Hall–Kier alpha value is -5.95. The summed E-state index contributed by atoms with van der Waals surface area (Å²) >= 11 is 0. The molecule has 242 valence electrons. The summed E-state index contributed by atoms with van der Waals surface area (Å²) in [7, 11) is 0. The molecule has 6 nitrogen and oxygen atoms in total. The largest absolute Gasteiger partial charge is 0.508 e. The second-order valence-corrected chi connectivity index (χ2v) is 14.5. The lowest BCUT2D eigenvalue weighted by atomic mass is 9.65. The Morgan fingerprint density at radius 2 is 1.40 bits per heavy atom. The minimum Gasteiger partial charge on any atom is -0.435 e. The van der Waals surface area contributed by atoms with Crippen LogP contribution in [-0.4, -0.2) is 31.3 Å². The van der Waals surface area contributed by atoms with Crippen LogP contribution in [-0.2, 0) is 0 Å². The lowest BCUT2D eigenvalue weighted by molar-refractivity contribution is -0.535. The maximum Gasteiger partial charge on any atom is 0.508 e. The molecular weight excluding hydrogens is 611 g/mol. The number of aromatic nitrogens is 4. The Bertz CT molecular complexity index is 2680. The number of hydrogen-bond donors (Lipinski definition) is 0. The van der Waals surface area contributed by atoms with Crippen LogP contribution in [0.1, 0.15) is 33.4 Å². The second-order valence-electron chi connectivity index (χ2n) is 14.5. The average Bonchev–Trinajstić information content (AvgIpc) is 3.74. The smallest absolute Gasteiger partial charge is 0.435 e. The number of amidine groups is 1. The summed E-state index contributed by atoms with van der Waals surface area (Å²) in [4.78, 5) is 12.2. The molecule has 10 rings (SSSR count). The van der Waals surface area contributed by atoms with Gasteiger partial charge in [0.1, 0.15) is 0 Å². The van der Waals surface area contributed by atoms with Gasteiger partial charge in [-0.15, -0.1) is 0 Å². The topological polar surface area (TPSA) is 42.2 Å². The minimum absolute atomic E-state index is 0.904. The molecule has 3 aliphatic heterocycles. The van der Waals surface area contributed by atoms with Crippen molar-refractivity contribution in [3.63, 3.8) is 0 Å². The molecule has 3 aliphatic rings. The molecule has 1 unspecified atom stereocenters. The van der Waals surface area contributed by atoms with Crippen molar-refractivity contribution in [2.24, 2.45) is 4.99 Å². The highest BCUT2D eigenvalue weighted by atomic mass is 15.5. The molecule has 0 aliphatic carbocycles. The second kappa shape index (κ2) is 10.0. The first-order valence-electron chi connectivity index (χ1n) is 17.5. The average molecular weight is 649 g/mol. The highest BCUT2D eigenvalue weighted by Gasteiger charge is 2.55. The molecule has 50 heavy (non-hydrogen) atoms. The number of benzene rings is 4. The van der Waals surface area contributed by atoms with Crippen LogP contribution in [0.3, 0.4) is 0 Å². The van der Waals surface area contributed by atoms with Gasteiger partial charge in [0.25, 0.3) is 5.82 Å². The van der Waals surface area contributed by atoms with Crippen LogP contribution < -0.4 is 4.48 Å². The highest BCUT2D eigenvalue weighted by molar-refractivity contribution is 6.72. The first-order chi connectivity index (χ1) is 24.3. The van der Waals surface area contributed by atoms with E-state index in [0.29, 0.717) is 0 Å². The first-order valence-corrected chi connectivity index (χ1v) is 17.5. The van der Waals surface area contributed by atoms with Crippen LogP contribution in [0.2, 0.25) is 0 Å². The van der Waals surface area contributed by atoms with E-state index in [9.17, 15) is 0 Å². The van der Waals surface area contributed by atoms with Crippen molar-refractivity contribution < 1.29 is 4.48 Å². The Labute approximate surface area is 292 Å². The maximum absolute atomic E-state index is 5.25. The fourth-order valence-electron chi connectivity index (χ4n) is 9.69. The summed E-state index contributed by atoms with van der Waals surface area (Å²) < 4.78 is 7.34. The van der Waals surface area contributed by atoms with Gasteiger partial charge >= 0.3 is 6.69 Å². The van der Waals surface area contributed by atoms with Crippen molar-refractivity contribution in [3.05, 3.63) is 149 Å². The maximum atomic E-state index is 5.25. The lowest BCUT2D eigenvalue weighted by Gasteiger charge is -2.53. The summed E-state index contributed by atoms with van der Waals surface area (Å²) in [6.45, 7) is 11.4. The Morgan fingerprint density at radius 1 is 0.700 bits per heavy atom. The number of allylic oxidation sites excluding steroid dienone is 2.